The van der Waals surface area contributed by atoms with Gasteiger partial charge in [-0.3, -0.25) is 9.59 Å². The van der Waals surface area contributed by atoms with Gasteiger partial charge in [-0.05, 0) is 19.9 Å². The maximum atomic E-state index is 11.7. The number of hydrogen-bond donors (Lipinski definition) is 2. The first-order chi connectivity index (χ1) is 6.91. The zero-order valence-electron chi connectivity index (χ0n) is 8.61. The molecule has 0 amide bonds. The summed E-state index contributed by atoms with van der Waals surface area (Å²) in [5, 5.41) is 8.58. The molecule has 82 valence electrons. The molecular weight excluding hydrogens is 214 g/mol. The predicted octanol–water partition coefficient (Wildman–Crippen LogP) is 1.35. The number of ketones is 1. The van der Waals surface area contributed by atoms with Gasteiger partial charge in [0.2, 0.25) is 0 Å². The van der Waals surface area contributed by atoms with Gasteiger partial charge in [0.1, 0.15) is 6.04 Å². The number of thiophene rings is 1. The Morgan fingerprint density at radius 3 is 2.53 bits per heavy atom. The van der Waals surface area contributed by atoms with E-state index in [2.05, 4.69) is 0 Å². The highest BCUT2D eigenvalue weighted by atomic mass is 32.1. The fraction of sp³-hybridized carbons (Fsp3) is 0.400. The monoisotopic (exact) mass is 227 g/mol. The van der Waals surface area contributed by atoms with Crippen molar-refractivity contribution in [2.75, 3.05) is 0 Å². The quantitative estimate of drug-likeness (QED) is 0.761. The normalized spacial score (nSPS) is 12.5. The van der Waals surface area contributed by atoms with Crippen LogP contribution in [-0.2, 0) is 4.79 Å². The Morgan fingerprint density at radius 1 is 1.53 bits per heavy atom. The Bertz CT molecular complexity index is 397. The van der Waals surface area contributed by atoms with E-state index in [1.807, 2.05) is 13.8 Å². The van der Waals surface area contributed by atoms with Gasteiger partial charge >= 0.3 is 5.97 Å². The molecule has 0 saturated carbocycles. The van der Waals surface area contributed by atoms with Crippen molar-refractivity contribution < 1.29 is 14.7 Å². The third-order valence-corrected chi connectivity index (χ3v) is 3.03. The fourth-order valence-electron chi connectivity index (χ4n) is 1.30. The molecule has 0 aromatic carbocycles. The molecule has 15 heavy (non-hydrogen) atoms. The molecule has 1 heterocycles. The standard InChI is InChI=1S/C10H13NO3S/c1-5-3-7(6(2)15-5)9(12)4-8(11)10(13)14/h3,8H,4,11H2,1-2H3,(H,13,14)/t8-/m1/s1. The highest BCUT2D eigenvalue weighted by Gasteiger charge is 2.19. The van der Waals surface area contributed by atoms with Crippen LogP contribution in [0.15, 0.2) is 6.07 Å². The average Bonchev–Trinajstić information content (AvgIpc) is 2.44. The molecule has 4 nitrogen and oxygen atoms in total. The lowest BCUT2D eigenvalue weighted by atomic mass is 10.1. The second-order valence-electron chi connectivity index (χ2n) is 3.40. The summed E-state index contributed by atoms with van der Waals surface area (Å²) in [4.78, 5) is 24.1. The molecule has 3 N–H and O–H groups in total. The zero-order chi connectivity index (χ0) is 11.6. The molecule has 0 spiro atoms. The van der Waals surface area contributed by atoms with Crippen LogP contribution < -0.4 is 5.73 Å². The minimum atomic E-state index is -1.15. The van der Waals surface area contributed by atoms with Crippen LogP contribution in [0.5, 0.6) is 0 Å². The van der Waals surface area contributed by atoms with Gasteiger partial charge in [-0.1, -0.05) is 0 Å². The summed E-state index contributed by atoms with van der Waals surface area (Å²) < 4.78 is 0. The van der Waals surface area contributed by atoms with E-state index in [4.69, 9.17) is 10.8 Å². The molecule has 0 aliphatic carbocycles. The molecule has 1 rings (SSSR count). The highest BCUT2D eigenvalue weighted by Crippen LogP contribution is 2.22. The number of aryl methyl sites for hydroxylation is 2. The first-order valence-corrected chi connectivity index (χ1v) is 5.32. The van der Waals surface area contributed by atoms with Crippen molar-refractivity contribution >= 4 is 23.1 Å². The fourth-order valence-corrected chi connectivity index (χ4v) is 2.25. The Morgan fingerprint density at radius 2 is 2.13 bits per heavy atom. The lowest BCUT2D eigenvalue weighted by Gasteiger charge is -2.04. The molecule has 0 aliphatic rings. The topological polar surface area (TPSA) is 80.4 Å². The summed E-state index contributed by atoms with van der Waals surface area (Å²) >= 11 is 1.52. The summed E-state index contributed by atoms with van der Waals surface area (Å²) in [6, 6.07) is 0.661. The van der Waals surface area contributed by atoms with E-state index in [1.54, 1.807) is 6.07 Å². The molecule has 1 aromatic heterocycles. The van der Waals surface area contributed by atoms with Crippen molar-refractivity contribution in [1.29, 1.82) is 0 Å². The van der Waals surface area contributed by atoms with Crippen molar-refractivity contribution in [2.24, 2.45) is 5.73 Å². The maximum absolute atomic E-state index is 11.7. The van der Waals surface area contributed by atoms with Crippen LogP contribution in [0.25, 0.3) is 0 Å². The molecule has 0 saturated heterocycles. The molecule has 0 bridgehead atoms. The molecule has 0 fully saturated rings. The van der Waals surface area contributed by atoms with E-state index < -0.39 is 12.0 Å². The minimum Gasteiger partial charge on any atom is -0.480 e. The lowest BCUT2D eigenvalue weighted by Crippen LogP contribution is -2.32. The minimum absolute atomic E-state index is 0.146. The Hall–Kier alpha value is -1.20. The van der Waals surface area contributed by atoms with Gasteiger partial charge in [-0.15, -0.1) is 11.3 Å². The third-order valence-electron chi connectivity index (χ3n) is 2.06. The van der Waals surface area contributed by atoms with Crippen molar-refractivity contribution in [3.63, 3.8) is 0 Å². The van der Waals surface area contributed by atoms with E-state index in [9.17, 15) is 9.59 Å². The number of hydrogen-bond acceptors (Lipinski definition) is 4. The largest absolute Gasteiger partial charge is 0.480 e. The number of carbonyl (C=O) groups excluding carboxylic acids is 1. The van der Waals surface area contributed by atoms with Crippen molar-refractivity contribution in [3.05, 3.63) is 21.4 Å². The van der Waals surface area contributed by atoms with Crippen LogP contribution in [0.1, 0.15) is 26.5 Å². The summed E-state index contributed by atoms with van der Waals surface area (Å²) in [5.74, 6) is -1.35. The van der Waals surface area contributed by atoms with E-state index in [1.165, 1.54) is 11.3 Å². The Labute approximate surface area is 91.7 Å². The number of rotatable bonds is 4. The van der Waals surface area contributed by atoms with Gasteiger partial charge in [0.05, 0.1) is 0 Å². The van der Waals surface area contributed by atoms with Gasteiger partial charge in [0.15, 0.2) is 5.78 Å². The van der Waals surface area contributed by atoms with Gasteiger partial charge in [-0.2, -0.15) is 0 Å². The Kier molecular flexibility index (Phi) is 3.60. The van der Waals surface area contributed by atoms with Gasteiger partial charge in [-0.25, -0.2) is 0 Å². The van der Waals surface area contributed by atoms with Crippen molar-refractivity contribution in [1.82, 2.24) is 0 Å². The molecule has 1 aromatic rings. The summed E-state index contributed by atoms with van der Waals surface area (Å²) in [6.07, 6.45) is -0.146. The van der Waals surface area contributed by atoms with Gasteiger partial charge in [0.25, 0.3) is 0 Å². The van der Waals surface area contributed by atoms with Crippen molar-refractivity contribution in [2.45, 2.75) is 26.3 Å². The molecular formula is C10H13NO3S. The number of carboxylic acid groups (broad SMARTS) is 1. The van der Waals surface area contributed by atoms with E-state index in [0.717, 1.165) is 9.75 Å². The molecule has 1 atom stereocenters. The summed E-state index contributed by atoms with van der Waals surface area (Å²) in [5.41, 5.74) is 5.89. The number of aliphatic carboxylic acids is 1. The molecule has 0 unspecified atom stereocenters. The molecule has 5 heteroatoms. The van der Waals surface area contributed by atoms with Crippen LogP contribution in [-0.4, -0.2) is 22.9 Å². The van der Waals surface area contributed by atoms with Gasteiger partial charge in [0, 0.05) is 21.7 Å². The maximum Gasteiger partial charge on any atom is 0.320 e. The van der Waals surface area contributed by atoms with Crippen LogP contribution in [0.3, 0.4) is 0 Å². The second kappa shape index (κ2) is 4.55. The van der Waals surface area contributed by atoms with E-state index in [-0.39, 0.29) is 12.2 Å². The smallest absolute Gasteiger partial charge is 0.320 e. The van der Waals surface area contributed by atoms with Crippen LogP contribution in [0.2, 0.25) is 0 Å². The number of carboxylic acids is 1. The SMILES string of the molecule is Cc1cc(C(=O)C[C@@H](N)C(=O)O)c(C)s1. The average molecular weight is 227 g/mol. The van der Waals surface area contributed by atoms with Crippen LogP contribution in [0, 0.1) is 13.8 Å². The Balaban J connectivity index is 2.77. The predicted molar refractivity (Wildman–Crippen MR) is 58.4 cm³/mol. The highest BCUT2D eigenvalue weighted by molar-refractivity contribution is 7.12. The van der Waals surface area contributed by atoms with E-state index >= 15 is 0 Å². The first kappa shape index (κ1) is 11.9. The van der Waals surface area contributed by atoms with Crippen LogP contribution in [0.4, 0.5) is 0 Å². The summed E-state index contributed by atoms with van der Waals surface area (Å²) in [6.45, 7) is 3.75. The van der Waals surface area contributed by atoms with Crippen molar-refractivity contribution in [3.8, 4) is 0 Å². The lowest BCUT2D eigenvalue weighted by molar-refractivity contribution is -0.138. The van der Waals surface area contributed by atoms with E-state index in [0.29, 0.717) is 5.56 Å². The number of Topliss-reactive ketones (excluding diaryl/α,β-unsaturated/α-hetero) is 1. The molecule has 0 radical (unpaired) electrons. The third kappa shape index (κ3) is 2.87. The van der Waals surface area contributed by atoms with Gasteiger partial charge < -0.3 is 10.8 Å². The first-order valence-electron chi connectivity index (χ1n) is 4.50. The number of carbonyl (C=O) groups is 2. The van der Waals surface area contributed by atoms with Crippen LogP contribution >= 0.6 is 11.3 Å². The number of nitrogens with two attached hydrogens (primary N) is 1. The molecule has 0 aliphatic heterocycles. The zero-order valence-corrected chi connectivity index (χ0v) is 9.43. The second-order valence-corrected chi connectivity index (χ2v) is 4.86. The summed E-state index contributed by atoms with van der Waals surface area (Å²) in [7, 11) is 0.